The molecule has 2 aromatic heterocycles. The zero-order valence-electron chi connectivity index (χ0n) is 13.2. The van der Waals surface area contributed by atoms with Crippen LogP contribution in [0.2, 0.25) is 0 Å². The van der Waals surface area contributed by atoms with E-state index in [1.54, 1.807) is 11.3 Å². The number of nitrogens with zero attached hydrogens (tertiary/aromatic N) is 2. The number of carbonyl (C=O) groups excluding carboxylic acids is 1. The Morgan fingerprint density at radius 3 is 2.86 bits per heavy atom. The normalized spacial score (nSPS) is 22.4. The minimum absolute atomic E-state index is 0.0969. The van der Waals surface area contributed by atoms with E-state index in [0.29, 0.717) is 12.3 Å². The monoisotopic (exact) mass is 305 g/mol. The van der Waals surface area contributed by atoms with Crippen molar-refractivity contribution in [2.75, 3.05) is 0 Å². The van der Waals surface area contributed by atoms with Gasteiger partial charge in [-0.1, -0.05) is 13.8 Å². The van der Waals surface area contributed by atoms with Crippen LogP contribution in [0.25, 0.3) is 4.96 Å². The number of hydrogen-bond donors (Lipinski definition) is 1. The van der Waals surface area contributed by atoms with Crippen molar-refractivity contribution in [2.24, 2.45) is 5.92 Å². The summed E-state index contributed by atoms with van der Waals surface area (Å²) in [4.78, 5) is 17.5. The predicted octanol–water partition coefficient (Wildman–Crippen LogP) is 3.25. The molecule has 1 unspecified atom stereocenters. The zero-order chi connectivity index (χ0) is 15.2. The molecule has 1 atom stereocenters. The third-order valence-corrected chi connectivity index (χ3v) is 5.31. The number of nitrogens with one attached hydrogen (secondary N) is 1. The number of hydrogen-bond acceptors (Lipinski definition) is 3. The van der Waals surface area contributed by atoms with Crippen molar-refractivity contribution in [1.29, 1.82) is 0 Å². The van der Waals surface area contributed by atoms with Crippen molar-refractivity contribution < 1.29 is 4.79 Å². The molecule has 0 aromatic carbocycles. The molecule has 2 aromatic rings. The highest BCUT2D eigenvalue weighted by Crippen LogP contribution is 2.33. The molecule has 4 nitrogen and oxygen atoms in total. The van der Waals surface area contributed by atoms with Crippen LogP contribution in [-0.4, -0.2) is 20.8 Å². The highest BCUT2D eigenvalue weighted by atomic mass is 32.1. The summed E-state index contributed by atoms with van der Waals surface area (Å²) in [5.41, 5.74) is 3.48. The van der Waals surface area contributed by atoms with E-state index in [2.05, 4.69) is 47.8 Å². The van der Waals surface area contributed by atoms with Crippen LogP contribution in [0.5, 0.6) is 0 Å². The summed E-state index contributed by atoms with van der Waals surface area (Å²) in [6, 6.07) is 0. The van der Waals surface area contributed by atoms with Crippen molar-refractivity contribution in [3.63, 3.8) is 0 Å². The molecule has 5 heteroatoms. The van der Waals surface area contributed by atoms with Crippen LogP contribution >= 0.6 is 11.3 Å². The number of aromatic nitrogens is 2. The summed E-state index contributed by atoms with van der Waals surface area (Å²) in [5.74, 6) is 0.756. The average molecular weight is 305 g/mol. The van der Waals surface area contributed by atoms with E-state index < -0.39 is 0 Å². The molecule has 3 rings (SSSR count). The van der Waals surface area contributed by atoms with Gasteiger partial charge in [0.15, 0.2) is 4.96 Å². The number of fused-ring (bicyclic) bond motifs is 1. The lowest BCUT2D eigenvalue weighted by Gasteiger charge is -2.31. The quantitative estimate of drug-likeness (QED) is 0.942. The molecular formula is C16H23N3OS. The van der Waals surface area contributed by atoms with Crippen molar-refractivity contribution in [3.8, 4) is 0 Å². The van der Waals surface area contributed by atoms with Crippen LogP contribution in [0, 0.1) is 19.8 Å². The van der Waals surface area contributed by atoms with Gasteiger partial charge in [-0.2, -0.15) is 0 Å². The number of rotatable bonds is 4. The molecular weight excluding hydrogens is 282 g/mol. The lowest BCUT2D eigenvalue weighted by molar-refractivity contribution is -0.119. The van der Waals surface area contributed by atoms with E-state index in [0.717, 1.165) is 29.9 Å². The molecule has 0 radical (unpaired) electrons. The molecule has 1 aliphatic rings. The Morgan fingerprint density at radius 2 is 2.24 bits per heavy atom. The third-order valence-electron chi connectivity index (χ3n) is 4.37. The first kappa shape index (κ1) is 14.6. The molecule has 21 heavy (non-hydrogen) atoms. The second-order valence-electron chi connectivity index (χ2n) is 6.74. The second kappa shape index (κ2) is 5.13. The summed E-state index contributed by atoms with van der Waals surface area (Å²) < 4.78 is 2.26. The van der Waals surface area contributed by atoms with E-state index in [1.807, 2.05) is 0 Å². The molecule has 1 N–H and O–H groups in total. The highest BCUT2D eigenvalue weighted by molar-refractivity contribution is 7.15. The molecule has 0 bridgehead atoms. The van der Waals surface area contributed by atoms with Crippen molar-refractivity contribution in [3.05, 3.63) is 22.5 Å². The van der Waals surface area contributed by atoms with E-state index in [9.17, 15) is 4.79 Å². The number of thiazole rings is 1. The fourth-order valence-corrected chi connectivity index (χ4v) is 4.54. The topological polar surface area (TPSA) is 46.4 Å². The lowest BCUT2D eigenvalue weighted by atomic mass is 9.83. The van der Waals surface area contributed by atoms with Gasteiger partial charge >= 0.3 is 0 Å². The van der Waals surface area contributed by atoms with Crippen LogP contribution in [0.1, 0.15) is 50.2 Å². The number of imidazole rings is 1. The third kappa shape index (κ3) is 2.59. The first-order valence-electron chi connectivity index (χ1n) is 7.63. The average Bonchev–Trinajstić information content (AvgIpc) is 2.99. The van der Waals surface area contributed by atoms with Gasteiger partial charge in [-0.15, -0.1) is 11.3 Å². The molecule has 3 heterocycles. The Labute approximate surface area is 129 Å². The van der Waals surface area contributed by atoms with Crippen LogP contribution in [-0.2, 0) is 11.2 Å². The maximum Gasteiger partial charge on any atom is 0.220 e. The summed E-state index contributed by atoms with van der Waals surface area (Å²) in [6.07, 6.45) is 3.48. The van der Waals surface area contributed by atoms with Crippen LogP contribution in [0.15, 0.2) is 5.38 Å². The molecule has 1 saturated heterocycles. The first-order valence-corrected chi connectivity index (χ1v) is 8.51. The molecule has 1 amide bonds. The highest BCUT2D eigenvalue weighted by Gasteiger charge is 2.39. The molecule has 1 fully saturated rings. The SMILES string of the molecule is Cc1nc2scc(C)n2c1CC1(CC(C)C)CCC(=O)N1. The maximum absolute atomic E-state index is 11.8. The number of aryl methyl sites for hydroxylation is 2. The fourth-order valence-electron chi connectivity index (χ4n) is 3.61. The summed E-state index contributed by atoms with van der Waals surface area (Å²) in [7, 11) is 0. The minimum atomic E-state index is -0.0969. The van der Waals surface area contributed by atoms with E-state index in [1.165, 1.54) is 11.4 Å². The van der Waals surface area contributed by atoms with E-state index in [-0.39, 0.29) is 11.4 Å². The van der Waals surface area contributed by atoms with Crippen LogP contribution < -0.4 is 5.32 Å². The Morgan fingerprint density at radius 1 is 1.48 bits per heavy atom. The lowest BCUT2D eigenvalue weighted by Crippen LogP contribution is -2.45. The van der Waals surface area contributed by atoms with E-state index >= 15 is 0 Å². The number of amides is 1. The van der Waals surface area contributed by atoms with Crippen molar-refractivity contribution in [2.45, 2.75) is 58.9 Å². The van der Waals surface area contributed by atoms with Crippen molar-refractivity contribution in [1.82, 2.24) is 14.7 Å². The number of carbonyl (C=O) groups is 1. The largest absolute Gasteiger partial charge is 0.350 e. The van der Waals surface area contributed by atoms with Gasteiger partial charge in [-0.3, -0.25) is 9.20 Å². The molecule has 114 valence electrons. The van der Waals surface area contributed by atoms with Gasteiger partial charge in [0.2, 0.25) is 5.91 Å². The summed E-state index contributed by atoms with van der Waals surface area (Å²) in [5, 5.41) is 5.41. The van der Waals surface area contributed by atoms with E-state index in [4.69, 9.17) is 0 Å². The first-order chi connectivity index (χ1) is 9.90. The van der Waals surface area contributed by atoms with Gasteiger partial charge in [0.25, 0.3) is 0 Å². The smallest absolute Gasteiger partial charge is 0.220 e. The standard InChI is InChI=1S/C16H23N3OS/c1-10(2)7-16(6-5-14(20)18-16)8-13-12(4)17-15-19(13)11(3)9-21-15/h9-10H,5-8H2,1-4H3,(H,18,20). The summed E-state index contributed by atoms with van der Waals surface area (Å²) in [6.45, 7) is 8.65. The van der Waals surface area contributed by atoms with Gasteiger partial charge < -0.3 is 5.32 Å². The Kier molecular flexibility index (Phi) is 3.56. The van der Waals surface area contributed by atoms with Gasteiger partial charge in [0, 0.05) is 35.1 Å². The molecule has 0 spiro atoms. The summed E-state index contributed by atoms with van der Waals surface area (Å²) >= 11 is 1.68. The maximum atomic E-state index is 11.8. The Balaban J connectivity index is 2.00. The van der Waals surface area contributed by atoms with Gasteiger partial charge in [0.05, 0.1) is 5.69 Å². The Hall–Kier alpha value is -1.36. The predicted molar refractivity (Wildman–Crippen MR) is 85.8 cm³/mol. The Bertz CT molecular complexity index is 685. The van der Waals surface area contributed by atoms with Gasteiger partial charge in [-0.25, -0.2) is 4.98 Å². The molecule has 0 aliphatic carbocycles. The molecule has 0 saturated carbocycles. The molecule has 1 aliphatic heterocycles. The van der Waals surface area contributed by atoms with Crippen LogP contribution in [0.4, 0.5) is 0 Å². The van der Waals surface area contributed by atoms with Gasteiger partial charge in [-0.05, 0) is 32.6 Å². The fraction of sp³-hybridized carbons (Fsp3) is 0.625. The van der Waals surface area contributed by atoms with Crippen molar-refractivity contribution >= 4 is 22.2 Å². The second-order valence-corrected chi connectivity index (χ2v) is 7.58. The van der Waals surface area contributed by atoms with Crippen LogP contribution in [0.3, 0.4) is 0 Å². The zero-order valence-corrected chi connectivity index (χ0v) is 14.0. The van der Waals surface area contributed by atoms with Gasteiger partial charge in [0.1, 0.15) is 0 Å². The minimum Gasteiger partial charge on any atom is -0.350 e.